The molecule has 0 bridgehead atoms. The van der Waals surface area contributed by atoms with Crippen LogP contribution in [-0.4, -0.2) is 0 Å². The van der Waals surface area contributed by atoms with Crippen molar-refractivity contribution in [3.05, 3.63) is 144 Å². The molecule has 0 aromatic heterocycles. The van der Waals surface area contributed by atoms with Crippen molar-refractivity contribution in [3.8, 4) is 56.4 Å². The first-order chi connectivity index (χ1) is 24.9. The van der Waals surface area contributed by atoms with Gasteiger partial charge < -0.3 is 18.1 Å². The van der Waals surface area contributed by atoms with E-state index in [0.717, 1.165) is 89.2 Å². The normalized spacial score (nSPS) is 16.0. The number of para-hydroxylation sites is 2. The van der Waals surface area contributed by atoms with Crippen molar-refractivity contribution in [1.29, 1.82) is 0 Å². The molecule has 262 valence electrons. The number of hydrogen-bond acceptors (Lipinski definition) is 4. The molecule has 0 spiro atoms. The van der Waals surface area contributed by atoms with Gasteiger partial charge in [-0.05, 0) is 83.3 Å². The van der Waals surface area contributed by atoms with Gasteiger partial charge in [-0.2, -0.15) is 0 Å². The van der Waals surface area contributed by atoms with Gasteiger partial charge in [0.15, 0.2) is 0 Å². The fraction of sp³-hybridized carbons (Fsp3) is 0.217. The zero-order valence-corrected chi connectivity index (χ0v) is 32.9. The lowest BCUT2D eigenvalue weighted by molar-refractivity contribution is 0.476. The van der Waals surface area contributed by atoms with Gasteiger partial charge in [0.1, 0.15) is 23.0 Å². The molecule has 0 fully saturated rings. The first kappa shape index (κ1) is 34.5. The molecular formula is C46H44O4P2. The Morgan fingerprint density at radius 3 is 1.15 bits per heavy atom. The minimum Gasteiger partial charge on any atom is -0.435 e. The van der Waals surface area contributed by atoms with Crippen LogP contribution in [0.2, 0.25) is 0 Å². The van der Waals surface area contributed by atoms with E-state index in [1.807, 2.05) is 24.3 Å². The minimum atomic E-state index is -1.52. The van der Waals surface area contributed by atoms with Gasteiger partial charge in [0.2, 0.25) is 0 Å². The summed E-state index contributed by atoms with van der Waals surface area (Å²) < 4.78 is 28.2. The van der Waals surface area contributed by atoms with Gasteiger partial charge in [-0.3, -0.25) is 0 Å². The highest BCUT2D eigenvalue weighted by Gasteiger charge is 2.36. The topological polar surface area (TPSA) is 36.9 Å². The maximum Gasteiger partial charge on any atom is 0.326 e. The van der Waals surface area contributed by atoms with Gasteiger partial charge in [-0.15, -0.1) is 0 Å². The third-order valence-electron chi connectivity index (χ3n) is 9.64. The first-order valence-electron chi connectivity index (χ1n) is 17.9. The number of fused-ring (bicyclic) bond motifs is 6. The van der Waals surface area contributed by atoms with E-state index in [9.17, 15) is 0 Å². The number of hydrogen-bond donors (Lipinski definition) is 0. The van der Waals surface area contributed by atoms with Crippen molar-refractivity contribution >= 4 is 27.4 Å². The van der Waals surface area contributed by atoms with E-state index < -0.39 is 16.8 Å². The van der Waals surface area contributed by atoms with Crippen LogP contribution in [0.25, 0.3) is 33.4 Å². The second-order valence-electron chi connectivity index (χ2n) is 15.8. The van der Waals surface area contributed by atoms with E-state index in [1.54, 1.807) is 0 Å². The highest BCUT2D eigenvalue weighted by molar-refractivity contribution is 7.57. The SMILES string of the molecule is Cc1cc(-c2cc(C)cc(C(C)(C)C)c2OP2Oc3ccccc3-c3ccccc32)c(OP2Oc3ccccc3-c3ccccc32)c(C(C)(C)C)c1. The third-order valence-corrected chi connectivity index (χ3v) is 12.6. The molecule has 0 saturated carbocycles. The molecule has 8 rings (SSSR count). The Hall–Kier alpha value is -4.62. The standard InChI is InChI=1S/C46H44O4P2/c1-29-25-35(43(37(27-29)45(3,4)5)49-51-41-23-15-11-19-33(41)31-17-9-13-21-39(31)47-51)36-26-30(2)28-38(46(6,7)8)44(36)50-52-42-24-16-12-20-34(42)32-18-10-14-22-40(32)48-52/h9-28H,1-8H3. The zero-order chi connectivity index (χ0) is 36.4. The fourth-order valence-electron chi connectivity index (χ4n) is 7.09. The Kier molecular flexibility index (Phi) is 8.68. The summed E-state index contributed by atoms with van der Waals surface area (Å²) in [6, 6.07) is 42.4. The maximum absolute atomic E-state index is 7.31. The van der Waals surface area contributed by atoms with E-state index >= 15 is 0 Å². The fourth-order valence-corrected chi connectivity index (χ4v) is 10.2. The Morgan fingerprint density at radius 1 is 0.423 bits per heavy atom. The minimum absolute atomic E-state index is 0.227. The van der Waals surface area contributed by atoms with Gasteiger partial charge in [0.05, 0.1) is 10.6 Å². The van der Waals surface area contributed by atoms with E-state index in [2.05, 4.69) is 152 Å². The summed E-state index contributed by atoms with van der Waals surface area (Å²) in [5, 5.41) is 2.13. The molecular weight excluding hydrogens is 678 g/mol. The Bertz CT molecular complexity index is 2170. The average Bonchev–Trinajstić information content (AvgIpc) is 3.12. The van der Waals surface area contributed by atoms with E-state index in [-0.39, 0.29) is 10.8 Å². The Labute approximate surface area is 310 Å². The van der Waals surface area contributed by atoms with Gasteiger partial charge >= 0.3 is 16.8 Å². The van der Waals surface area contributed by atoms with Gasteiger partial charge in [-0.1, -0.05) is 126 Å². The predicted octanol–water partition coefficient (Wildman–Crippen LogP) is 12.7. The van der Waals surface area contributed by atoms with E-state index in [1.165, 1.54) is 0 Å². The van der Waals surface area contributed by atoms with Crippen molar-refractivity contribution < 1.29 is 18.1 Å². The number of benzene rings is 6. The van der Waals surface area contributed by atoms with Crippen LogP contribution in [0.4, 0.5) is 0 Å². The smallest absolute Gasteiger partial charge is 0.326 e. The molecule has 2 atom stereocenters. The first-order valence-corrected chi connectivity index (χ1v) is 20.2. The second-order valence-corrected chi connectivity index (χ2v) is 18.5. The number of aryl methyl sites for hydroxylation is 2. The van der Waals surface area contributed by atoms with Gasteiger partial charge in [-0.25, -0.2) is 0 Å². The molecule has 4 nitrogen and oxygen atoms in total. The second kappa shape index (κ2) is 13.1. The summed E-state index contributed by atoms with van der Waals surface area (Å²) in [5.74, 6) is 3.31. The largest absolute Gasteiger partial charge is 0.435 e. The average molecular weight is 723 g/mol. The van der Waals surface area contributed by atoms with Crippen LogP contribution < -0.4 is 28.7 Å². The number of rotatable bonds is 5. The molecule has 6 aromatic rings. The summed E-state index contributed by atoms with van der Waals surface area (Å²) in [6.45, 7) is 17.8. The van der Waals surface area contributed by atoms with E-state index in [4.69, 9.17) is 18.1 Å². The van der Waals surface area contributed by atoms with Crippen molar-refractivity contribution in [2.75, 3.05) is 0 Å². The Morgan fingerprint density at radius 2 is 0.769 bits per heavy atom. The molecule has 52 heavy (non-hydrogen) atoms. The molecule has 0 amide bonds. The van der Waals surface area contributed by atoms with Gasteiger partial charge in [0, 0.05) is 33.4 Å². The monoisotopic (exact) mass is 722 g/mol. The van der Waals surface area contributed by atoms with Crippen molar-refractivity contribution in [3.63, 3.8) is 0 Å². The molecule has 6 heteroatoms. The lowest BCUT2D eigenvalue weighted by Crippen LogP contribution is -2.21. The predicted molar refractivity (Wildman–Crippen MR) is 218 cm³/mol. The highest BCUT2D eigenvalue weighted by atomic mass is 31.2. The summed E-state index contributed by atoms with van der Waals surface area (Å²) >= 11 is 0. The van der Waals surface area contributed by atoms with Crippen LogP contribution in [0.5, 0.6) is 23.0 Å². The molecule has 2 aliphatic rings. The molecule has 0 radical (unpaired) electrons. The molecule has 2 heterocycles. The van der Waals surface area contributed by atoms with Gasteiger partial charge in [0.25, 0.3) is 0 Å². The molecule has 0 saturated heterocycles. The molecule has 6 aromatic carbocycles. The van der Waals surface area contributed by atoms with Crippen LogP contribution >= 0.6 is 16.8 Å². The van der Waals surface area contributed by atoms with Crippen LogP contribution in [-0.2, 0) is 10.8 Å². The van der Waals surface area contributed by atoms with Crippen molar-refractivity contribution in [2.45, 2.75) is 66.2 Å². The van der Waals surface area contributed by atoms with Crippen LogP contribution in [0.15, 0.2) is 121 Å². The molecule has 2 unspecified atom stereocenters. The quantitative estimate of drug-likeness (QED) is 0.166. The Balaban J connectivity index is 1.33. The summed E-state index contributed by atoms with van der Waals surface area (Å²) in [5.41, 5.74) is 10.5. The van der Waals surface area contributed by atoms with Crippen LogP contribution in [0.3, 0.4) is 0 Å². The summed E-state index contributed by atoms with van der Waals surface area (Å²) in [6.07, 6.45) is 0. The summed E-state index contributed by atoms with van der Waals surface area (Å²) in [4.78, 5) is 0. The highest BCUT2D eigenvalue weighted by Crippen LogP contribution is 2.57. The lowest BCUT2D eigenvalue weighted by atomic mass is 9.80. The maximum atomic E-state index is 7.31. The molecule has 0 aliphatic carbocycles. The molecule has 0 N–H and O–H groups in total. The van der Waals surface area contributed by atoms with Crippen molar-refractivity contribution in [1.82, 2.24) is 0 Å². The third kappa shape index (κ3) is 6.27. The molecule has 2 aliphatic heterocycles. The zero-order valence-electron chi connectivity index (χ0n) is 31.1. The van der Waals surface area contributed by atoms with Crippen molar-refractivity contribution in [2.24, 2.45) is 0 Å². The van der Waals surface area contributed by atoms with Crippen LogP contribution in [0.1, 0.15) is 63.8 Å². The van der Waals surface area contributed by atoms with Crippen LogP contribution in [0, 0.1) is 13.8 Å². The lowest BCUT2D eigenvalue weighted by Gasteiger charge is -2.33. The summed E-state index contributed by atoms with van der Waals surface area (Å²) in [7, 11) is -3.04. The van der Waals surface area contributed by atoms with E-state index in [0.29, 0.717) is 0 Å².